The second-order valence-corrected chi connectivity index (χ2v) is 5.21. The van der Waals surface area contributed by atoms with Crippen LogP contribution < -0.4 is 0 Å². The minimum atomic E-state index is -10.7. The van der Waals surface area contributed by atoms with E-state index in [-0.39, 0.29) is 35.6 Å². The average molecular weight is 423 g/mol. The van der Waals surface area contributed by atoms with E-state index in [4.69, 9.17) is 13.0 Å². The summed E-state index contributed by atoms with van der Waals surface area (Å²) in [7, 11) is -16.5. The molecule has 0 atom stereocenters. The van der Waals surface area contributed by atoms with E-state index in [0.29, 0.717) is 0 Å². The first-order chi connectivity index (χ1) is 5.70. The van der Waals surface area contributed by atoms with E-state index < -0.39 is 23.4 Å². The van der Waals surface area contributed by atoms with Crippen LogP contribution in [0.3, 0.4) is 0 Å². The minimum Gasteiger partial charge on any atom is -0.279 e. The standard InChI is InChI=1S/CHF3O3S.2Cu.F6P/c2-1(3,4)8(5,6)7;;;1-7(2,3,4,5)6/h(H,5,6,7);;;/q;;;-1/p+1. The Morgan fingerprint density at radius 1 is 0.882 bits per heavy atom. The van der Waals surface area contributed by atoms with Gasteiger partial charge in [-0.05, 0) is 0 Å². The number of alkyl halides is 3. The summed E-state index contributed by atoms with van der Waals surface area (Å²) in [6.07, 6.45) is 0. The van der Waals surface area contributed by atoms with Gasteiger partial charge in [-0.3, -0.25) is 4.55 Å². The normalized spacial score (nSPS) is 16.1. The van der Waals surface area contributed by atoms with Crippen LogP contribution in [-0.4, -0.2) is 18.5 Å². The predicted octanol–water partition coefficient (Wildman–Crippen LogP) is 3.88. The zero-order valence-electron chi connectivity index (χ0n) is 7.62. The molecule has 2 radical (unpaired) electrons. The molecule has 0 aliphatic heterocycles. The van der Waals surface area contributed by atoms with Gasteiger partial charge in [0.1, 0.15) is 0 Å². The largest absolute Gasteiger partial charge is 1.00 e. The van der Waals surface area contributed by atoms with Crippen LogP contribution in [0.25, 0.3) is 0 Å². The summed E-state index contributed by atoms with van der Waals surface area (Å²) in [6.45, 7) is 0. The maximum atomic E-state index is 10.7. The quantitative estimate of drug-likeness (QED) is 0.212. The van der Waals surface area contributed by atoms with Crippen LogP contribution in [-0.2, 0) is 44.3 Å². The molecule has 3 nitrogen and oxygen atoms in total. The number of halogens is 9. The minimum absolute atomic E-state index is 0. The van der Waals surface area contributed by atoms with Crippen LogP contribution in [0.5, 0.6) is 0 Å². The Balaban J connectivity index is -0.0000000540. The van der Waals surface area contributed by atoms with E-state index in [9.17, 15) is 38.4 Å². The third kappa shape index (κ3) is 38.3. The Kier molecular flexibility index (Phi) is 8.36. The fraction of sp³-hybridized carbons (Fsp3) is 1.00. The van der Waals surface area contributed by atoms with Gasteiger partial charge in [0, 0.05) is 34.1 Å². The van der Waals surface area contributed by atoms with Gasteiger partial charge in [-0.25, -0.2) is 0 Å². The molecule has 120 valence electrons. The fourth-order valence-corrected chi connectivity index (χ4v) is 0. The van der Waals surface area contributed by atoms with Gasteiger partial charge in [0.2, 0.25) is 0 Å². The van der Waals surface area contributed by atoms with Gasteiger partial charge < -0.3 is 0 Å². The molecule has 0 spiro atoms. The summed E-state index contributed by atoms with van der Waals surface area (Å²) in [5.41, 5.74) is -5.53. The SMILES string of the molecule is F[P-](F)(F)(F)(F)F.O=S(=O)(O)C(F)(F)F.[Cu].[Cu].[H+]. The molecule has 0 bridgehead atoms. The van der Waals surface area contributed by atoms with Crippen molar-refractivity contribution in [1.29, 1.82) is 0 Å². The summed E-state index contributed by atoms with van der Waals surface area (Å²) in [6, 6.07) is 0. The molecule has 0 saturated heterocycles. The molecule has 0 amide bonds. The molecule has 17 heavy (non-hydrogen) atoms. The second kappa shape index (κ2) is 5.40. The van der Waals surface area contributed by atoms with Gasteiger partial charge in [-0.15, -0.1) is 0 Å². The Morgan fingerprint density at radius 3 is 0.941 bits per heavy atom. The van der Waals surface area contributed by atoms with Crippen molar-refractivity contribution < 1.29 is 86.9 Å². The van der Waals surface area contributed by atoms with Crippen LogP contribution in [0.2, 0.25) is 0 Å². The molecule has 0 aromatic rings. The molecule has 0 fully saturated rings. The third-order valence-corrected chi connectivity index (χ3v) is 0.877. The van der Waals surface area contributed by atoms with Gasteiger partial charge in [0.05, 0.1) is 0 Å². The van der Waals surface area contributed by atoms with Crippen molar-refractivity contribution in [3.05, 3.63) is 0 Å². The molecule has 0 aromatic carbocycles. The van der Waals surface area contributed by atoms with Crippen molar-refractivity contribution in [3.63, 3.8) is 0 Å². The molecule has 0 rings (SSSR count). The van der Waals surface area contributed by atoms with E-state index in [1.54, 1.807) is 0 Å². The van der Waals surface area contributed by atoms with E-state index >= 15 is 0 Å². The molecule has 0 aliphatic carbocycles. The van der Waals surface area contributed by atoms with Crippen molar-refractivity contribution >= 4 is 17.9 Å². The molecule has 0 saturated carbocycles. The molecule has 0 heterocycles. The maximum Gasteiger partial charge on any atom is 1.00 e. The molecule has 0 unspecified atom stereocenters. The summed E-state index contributed by atoms with van der Waals surface area (Å²) >= 11 is 0. The Bertz CT molecular complexity index is 318. The van der Waals surface area contributed by atoms with Crippen molar-refractivity contribution in [2.75, 3.05) is 0 Å². The number of hydrogen-bond acceptors (Lipinski definition) is 2. The fourth-order valence-electron chi connectivity index (χ4n) is 0. The first kappa shape index (κ1) is 26.3. The average Bonchev–Trinajstić information content (AvgIpc) is 1.45. The predicted molar refractivity (Wildman–Crippen MR) is 32.3 cm³/mol. The summed E-state index contributed by atoms with van der Waals surface area (Å²) in [5, 5.41) is 0. The monoisotopic (exact) mass is 422 g/mol. The first-order valence-corrected chi connectivity index (χ1v) is 5.77. The van der Waals surface area contributed by atoms with Gasteiger partial charge in [0.15, 0.2) is 0 Å². The summed E-state index contributed by atoms with van der Waals surface area (Å²) in [5.74, 6) is 0. The number of hydrogen-bond donors (Lipinski definition) is 1. The van der Waals surface area contributed by atoms with E-state index in [1.807, 2.05) is 0 Å². The van der Waals surface area contributed by atoms with Gasteiger partial charge in [0.25, 0.3) is 0 Å². The Morgan fingerprint density at radius 2 is 0.941 bits per heavy atom. The van der Waals surface area contributed by atoms with Crippen molar-refractivity contribution in [1.82, 2.24) is 0 Å². The first-order valence-electron chi connectivity index (χ1n) is 2.30. The van der Waals surface area contributed by atoms with Gasteiger partial charge in [-0.1, -0.05) is 0 Å². The van der Waals surface area contributed by atoms with E-state index in [2.05, 4.69) is 0 Å². The topological polar surface area (TPSA) is 54.4 Å². The van der Waals surface area contributed by atoms with Crippen LogP contribution in [0, 0.1) is 0 Å². The zero-order chi connectivity index (χ0) is 13.4. The van der Waals surface area contributed by atoms with Gasteiger partial charge >= 0.3 is 50.0 Å². The van der Waals surface area contributed by atoms with Crippen LogP contribution in [0.1, 0.15) is 1.43 Å². The van der Waals surface area contributed by atoms with Crippen LogP contribution in [0.15, 0.2) is 0 Å². The van der Waals surface area contributed by atoms with Crippen molar-refractivity contribution in [3.8, 4) is 0 Å². The molecule has 16 heteroatoms. The summed E-state index contributed by atoms with van der Waals surface area (Å²) in [4.78, 5) is 0. The zero-order valence-corrected chi connectivity index (χ0v) is 10.2. The Hall–Kier alpha value is 0.749. The third-order valence-electron chi connectivity index (χ3n) is 0.292. The molecular formula is CH2Cu2F9O3PS. The smallest absolute Gasteiger partial charge is 0.279 e. The molecular weight excluding hydrogens is 421 g/mol. The molecule has 0 aliphatic rings. The van der Waals surface area contributed by atoms with Crippen molar-refractivity contribution in [2.24, 2.45) is 0 Å². The number of rotatable bonds is 0. The van der Waals surface area contributed by atoms with Crippen LogP contribution >= 0.6 is 7.81 Å². The van der Waals surface area contributed by atoms with E-state index in [1.165, 1.54) is 0 Å². The van der Waals surface area contributed by atoms with Crippen molar-refractivity contribution in [2.45, 2.75) is 5.51 Å². The van der Waals surface area contributed by atoms with Crippen LogP contribution in [0.4, 0.5) is 38.4 Å². The molecule has 1 N–H and O–H groups in total. The molecule has 0 aromatic heterocycles. The Labute approximate surface area is 111 Å². The summed E-state index contributed by atoms with van der Waals surface area (Å²) < 4.78 is 117. The second-order valence-electron chi connectivity index (χ2n) is 1.88. The maximum absolute atomic E-state index is 10.7. The van der Waals surface area contributed by atoms with E-state index in [0.717, 1.165) is 0 Å². The van der Waals surface area contributed by atoms with Gasteiger partial charge in [-0.2, -0.15) is 21.6 Å².